The minimum atomic E-state index is -0.374. The van der Waals surface area contributed by atoms with Crippen LogP contribution in [0.1, 0.15) is 0 Å². The number of hydrogen-bond donors (Lipinski definition) is 0. The van der Waals surface area contributed by atoms with Crippen LogP contribution in [0.2, 0.25) is 10.0 Å². The molecule has 0 amide bonds. The minimum absolute atomic E-state index is 0.374. The van der Waals surface area contributed by atoms with Crippen LogP contribution in [0.15, 0.2) is 62.6 Å². The second-order valence-electron chi connectivity index (χ2n) is 4.73. The molecule has 2 aromatic carbocycles. The monoisotopic (exact) mass is 366 g/mol. The molecule has 6 heteroatoms. The Morgan fingerprint density at radius 3 is 2.74 bits per heavy atom. The highest BCUT2D eigenvalue weighted by atomic mass is 35.5. The number of rotatable bonds is 5. The molecule has 0 unspecified atom stereocenters. The van der Waals surface area contributed by atoms with Crippen LogP contribution < -0.4 is 10.4 Å². The van der Waals surface area contributed by atoms with Gasteiger partial charge in [0, 0.05) is 33.2 Å². The van der Waals surface area contributed by atoms with Crippen LogP contribution in [0.25, 0.3) is 11.0 Å². The van der Waals surface area contributed by atoms with E-state index in [2.05, 4.69) is 0 Å². The molecule has 1 aromatic heterocycles. The van der Waals surface area contributed by atoms with Gasteiger partial charge in [-0.2, -0.15) is 0 Å². The van der Waals surface area contributed by atoms with E-state index in [4.69, 9.17) is 32.4 Å². The summed E-state index contributed by atoms with van der Waals surface area (Å²) in [4.78, 5) is 12.2. The van der Waals surface area contributed by atoms with Crippen molar-refractivity contribution >= 4 is 45.9 Å². The van der Waals surface area contributed by atoms with Gasteiger partial charge >= 0.3 is 5.63 Å². The fraction of sp³-hybridized carbons (Fsp3) is 0.118. The molecule has 0 aliphatic heterocycles. The number of halogens is 2. The van der Waals surface area contributed by atoms with Gasteiger partial charge in [0.25, 0.3) is 0 Å². The lowest BCUT2D eigenvalue weighted by Crippen LogP contribution is -2.00. The van der Waals surface area contributed by atoms with Gasteiger partial charge in [0.2, 0.25) is 0 Å². The van der Waals surface area contributed by atoms with E-state index in [0.717, 1.165) is 16.0 Å². The first kappa shape index (κ1) is 16.2. The molecule has 23 heavy (non-hydrogen) atoms. The van der Waals surface area contributed by atoms with Crippen LogP contribution in [0.3, 0.4) is 0 Å². The van der Waals surface area contributed by atoms with E-state index in [1.807, 2.05) is 18.2 Å². The van der Waals surface area contributed by atoms with Crippen LogP contribution in [-0.2, 0) is 0 Å². The van der Waals surface area contributed by atoms with Crippen LogP contribution in [0.5, 0.6) is 5.75 Å². The summed E-state index contributed by atoms with van der Waals surface area (Å²) in [6.07, 6.45) is 0. The molecule has 0 fully saturated rings. The Balaban J connectivity index is 1.60. The molecule has 0 saturated carbocycles. The quantitative estimate of drug-likeness (QED) is 0.350. The van der Waals surface area contributed by atoms with Crippen molar-refractivity contribution < 1.29 is 9.15 Å². The van der Waals surface area contributed by atoms with Crippen molar-refractivity contribution in [3.05, 3.63) is 69.0 Å². The van der Waals surface area contributed by atoms with E-state index in [1.54, 1.807) is 36.0 Å². The van der Waals surface area contributed by atoms with Crippen molar-refractivity contribution in [2.45, 2.75) is 4.90 Å². The topological polar surface area (TPSA) is 39.4 Å². The predicted octanol–water partition coefficient (Wildman–Crippen LogP) is 5.27. The third-order valence-corrected chi connectivity index (χ3v) is 4.79. The van der Waals surface area contributed by atoms with Gasteiger partial charge in [0.1, 0.15) is 11.3 Å². The zero-order chi connectivity index (χ0) is 16.2. The highest BCUT2D eigenvalue weighted by Gasteiger charge is 2.04. The van der Waals surface area contributed by atoms with Crippen LogP contribution in [0, 0.1) is 0 Å². The lowest BCUT2D eigenvalue weighted by Gasteiger charge is -2.08. The maximum atomic E-state index is 11.2. The lowest BCUT2D eigenvalue weighted by atomic mass is 10.2. The summed E-state index contributed by atoms with van der Waals surface area (Å²) >= 11 is 13.6. The summed E-state index contributed by atoms with van der Waals surface area (Å²) in [5.41, 5.74) is 0.140. The summed E-state index contributed by atoms with van der Waals surface area (Å²) in [5, 5.41) is 2.19. The van der Waals surface area contributed by atoms with Gasteiger partial charge in [0.15, 0.2) is 0 Å². The first-order chi connectivity index (χ1) is 11.1. The fourth-order valence-electron chi connectivity index (χ4n) is 2.03. The molecule has 118 valence electrons. The largest absolute Gasteiger partial charge is 0.493 e. The van der Waals surface area contributed by atoms with Gasteiger partial charge in [-0.3, -0.25) is 0 Å². The molecule has 0 aliphatic rings. The molecule has 0 bridgehead atoms. The standard InChI is InChI=1S/C17H12Cl2O3S/c18-12-3-5-14(19)16(9-12)23-8-7-21-13-4-1-11-2-6-17(20)22-15(11)10-13/h1-6,9-10H,7-8H2. The molecule has 0 atom stereocenters. The summed E-state index contributed by atoms with van der Waals surface area (Å²) in [7, 11) is 0. The SMILES string of the molecule is O=c1ccc2ccc(OCCSc3cc(Cl)ccc3Cl)cc2o1. The normalized spacial score (nSPS) is 10.9. The van der Waals surface area contributed by atoms with Crippen molar-refractivity contribution in [3.63, 3.8) is 0 Å². The summed E-state index contributed by atoms with van der Waals surface area (Å²) in [6.45, 7) is 0.496. The van der Waals surface area contributed by atoms with E-state index in [1.165, 1.54) is 6.07 Å². The summed E-state index contributed by atoms with van der Waals surface area (Å²) in [6, 6.07) is 13.9. The van der Waals surface area contributed by atoms with Gasteiger partial charge in [0.05, 0.1) is 11.6 Å². The molecule has 0 radical (unpaired) electrons. The average Bonchev–Trinajstić information content (AvgIpc) is 2.54. The van der Waals surface area contributed by atoms with E-state index in [9.17, 15) is 4.79 Å². The van der Waals surface area contributed by atoms with Crippen molar-refractivity contribution in [2.24, 2.45) is 0 Å². The van der Waals surface area contributed by atoms with Gasteiger partial charge in [-0.1, -0.05) is 23.2 Å². The molecule has 3 aromatic rings. The van der Waals surface area contributed by atoms with Crippen LogP contribution >= 0.6 is 35.0 Å². The Morgan fingerprint density at radius 1 is 1.04 bits per heavy atom. The van der Waals surface area contributed by atoms with Crippen molar-refractivity contribution in [3.8, 4) is 5.75 Å². The zero-order valence-electron chi connectivity index (χ0n) is 11.9. The zero-order valence-corrected chi connectivity index (χ0v) is 14.3. The van der Waals surface area contributed by atoms with Gasteiger partial charge in [-0.25, -0.2) is 4.79 Å². The van der Waals surface area contributed by atoms with Crippen molar-refractivity contribution in [1.82, 2.24) is 0 Å². The second-order valence-corrected chi connectivity index (χ2v) is 6.71. The number of benzene rings is 2. The average molecular weight is 367 g/mol. The van der Waals surface area contributed by atoms with E-state index >= 15 is 0 Å². The third kappa shape index (κ3) is 4.22. The highest BCUT2D eigenvalue weighted by molar-refractivity contribution is 7.99. The molecule has 0 saturated heterocycles. The summed E-state index contributed by atoms with van der Waals surface area (Å²) in [5.74, 6) is 1.38. The smallest absolute Gasteiger partial charge is 0.336 e. The number of fused-ring (bicyclic) bond motifs is 1. The maximum Gasteiger partial charge on any atom is 0.336 e. The molecular weight excluding hydrogens is 355 g/mol. The molecule has 0 aliphatic carbocycles. The maximum absolute atomic E-state index is 11.2. The van der Waals surface area contributed by atoms with Gasteiger partial charge in [-0.15, -0.1) is 11.8 Å². The lowest BCUT2D eigenvalue weighted by molar-refractivity contribution is 0.343. The Bertz CT molecular complexity index is 892. The Labute approximate surface area is 147 Å². The third-order valence-electron chi connectivity index (χ3n) is 3.10. The molecule has 0 spiro atoms. The second kappa shape index (κ2) is 7.30. The molecule has 3 rings (SSSR count). The number of ether oxygens (including phenoxy) is 1. The Kier molecular flexibility index (Phi) is 5.16. The van der Waals surface area contributed by atoms with Crippen LogP contribution in [-0.4, -0.2) is 12.4 Å². The summed E-state index contributed by atoms with van der Waals surface area (Å²) < 4.78 is 10.8. The Morgan fingerprint density at radius 2 is 1.87 bits per heavy atom. The van der Waals surface area contributed by atoms with E-state index < -0.39 is 0 Å². The van der Waals surface area contributed by atoms with E-state index in [0.29, 0.717) is 28.0 Å². The highest BCUT2D eigenvalue weighted by Crippen LogP contribution is 2.29. The molecular formula is C17H12Cl2O3S. The Hall–Kier alpha value is -1.62. The van der Waals surface area contributed by atoms with Crippen LogP contribution in [0.4, 0.5) is 0 Å². The molecule has 0 N–H and O–H groups in total. The van der Waals surface area contributed by atoms with E-state index in [-0.39, 0.29) is 5.63 Å². The van der Waals surface area contributed by atoms with Gasteiger partial charge < -0.3 is 9.15 Å². The molecule has 1 heterocycles. The number of hydrogen-bond acceptors (Lipinski definition) is 4. The predicted molar refractivity (Wildman–Crippen MR) is 95.2 cm³/mol. The van der Waals surface area contributed by atoms with Crippen molar-refractivity contribution in [1.29, 1.82) is 0 Å². The minimum Gasteiger partial charge on any atom is -0.493 e. The molecule has 3 nitrogen and oxygen atoms in total. The fourth-order valence-corrected chi connectivity index (χ4v) is 3.35. The first-order valence-electron chi connectivity index (χ1n) is 6.86. The van der Waals surface area contributed by atoms with Gasteiger partial charge in [-0.05, 0) is 36.4 Å². The first-order valence-corrected chi connectivity index (χ1v) is 8.60. The van der Waals surface area contributed by atoms with Crippen molar-refractivity contribution in [2.75, 3.05) is 12.4 Å². The number of thioether (sulfide) groups is 1.